The summed E-state index contributed by atoms with van der Waals surface area (Å²) in [5.74, 6) is 0. The second-order valence-corrected chi connectivity index (χ2v) is 5.29. The van der Waals surface area contributed by atoms with E-state index in [4.69, 9.17) is 5.73 Å². The number of nitrogens with zero attached hydrogens (tertiary/aromatic N) is 2. The van der Waals surface area contributed by atoms with Crippen molar-refractivity contribution in [2.75, 3.05) is 0 Å². The number of primary amides is 1. The van der Waals surface area contributed by atoms with Crippen molar-refractivity contribution in [1.82, 2.24) is 10.3 Å². The van der Waals surface area contributed by atoms with E-state index in [0.29, 0.717) is 12.1 Å². The minimum absolute atomic E-state index is 0.462. The van der Waals surface area contributed by atoms with Gasteiger partial charge in [0.05, 0.1) is 6.21 Å². The zero-order valence-corrected chi connectivity index (χ0v) is 12.6. The van der Waals surface area contributed by atoms with Crippen LogP contribution in [0.1, 0.15) is 38.8 Å². The Balaban J connectivity index is 2.89. The lowest BCUT2D eigenvalue weighted by atomic mass is 10.1. The van der Waals surface area contributed by atoms with Gasteiger partial charge in [0.1, 0.15) is 0 Å². The molecule has 110 valence electrons. The lowest BCUT2D eigenvalue weighted by molar-refractivity contribution is 0.166. The van der Waals surface area contributed by atoms with E-state index in [1.807, 2.05) is 18.2 Å². The fourth-order valence-electron chi connectivity index (χ4n) is 2.13. The van der Waals surface area contributed by atoms with Crippen molar-refractivity contribution >= 4 is 12.2 Å². The molecule has 1 rings (SSSR count). The third-order valence-corrected chi connectivity index (χ3v) is 3.11. The maximum Gasteiger partial charge on any atom is 0.332 e. The first-order chi connectivity index (χ1) is 9.41. The predicted octanol–water partition coefficient (Wildman–Crippen LogP) is 2.31. The SMILES string of the molecule is CC(C)N(Cc1ccccc1C=NNC(N)=O)C(C)C. The summed E-state index contributed by atoms with van der Waals surface area (Å²) in [5.41, 5.74) is 9.35. The maximum absolute atomic E-state index is 10.6. The Morgan fingerprint density at radius 2 is 1.90 bits per heavy atom. The maximum atomic E-state index is 10.6. The average Bonchev–Trinajstić information content (AvgIpc) is 2.36. The lowest BCUT2D eigenvalue weighted by Crippen LogP contribution is -2.36. The highest BCUT2D eigenvalue weighted by molar-refractivity contribution is 5.83. The minimum atomic E-state index is -0.662. The number of urea groups is 1. The molecule has 1 aromatic rings. The number of rotatable bonds is 6. The number of carbonyl (C=O) groups excluding carboxylic acids is 1. The molecule has 0 fully saturated rings. The number of nitrogens with one attached hydrogen (secondary N) is 1. The lowest BCUT2D eigenvalue weighted by Gasteiger charge is -2.31. The Labute approximate surface area is 120 Å². The predicted molar refractivity (Wildman–Crippen MR) is 82.6 cm³/mol. The highest BCUT2D eigenvalue weighted by Gasteiger charge is 2.14. The third-order valence-electron chi connectivity index (χ3n) is 3.11. The van der Waals surface area contributed by atoms with Gasteiger partial charge in [-0.1, -0.05) is 24.3 Å². The van der Waals surface area contributed by atoms with Crippen molar-refractivity contribution in [3.63, 3.8) is 0 Å². The van der Waals surface area contributed by atoms with Gasteiger partial charge in [-0.2, -0.15) is 5.10 Å². The second kappa shape index (κ2) is 7.65. The summed E-state index contributed by atoms with van der Waals surface area (Å²) in [6, 6.07) is 8.26. The Morgan fingerprint density at radius 3 is 2.45 bits per heavy atom. The molecule has 2 amide bonds. The first-order valence-electron chi connectivity index (χ1n) is 6.84. The molecule has 0 aliphatic rings. The van der Waals surface area contributed by atoms with Crippen LogP contribution in [0, 0.1) is 0 Å². The Bertz CT molecular complexity index is 461. The van der Waals surface area contributed by atoms with Crippen LogP contribution in [-0.4, -0.2) is 29.2 Å². The zero-order chi connectivity index (χ0) is 15.1. The number of hydrogen-bond acceptors (Lipinski definition) is 3. The molecule has 5 heteroatoms. The van der Waals surface area contributed by atoms with Gasteiger partial charge >= 0.3 is 6.03 Å². The number of amides is 2. The van der Waals surface area contributed by atoms with Crippen LogP contribution in [-0.2, 0) is 6.54 Å². The summed E-state index contributed by atoms with van der Waals surface area (Å²) in [7, 11) is 0. The summed E-state index contributed by atoms with van der Waals surface area (Å²) >= 11 is 0. The third kappa shape index (κ3) is 5.01. The Kier molecular flexibility index (Phi) is 6.18. The largest absolute Gasteiger partial charge is 0.350 e. The molecule has 0 aromatic heterocycles. The first-order valence-corrected chi connectivity index (χ1v) is 6.84. The van der Waals surface area contributed by atoms with Gasteiger partial charge in [-0.15, -0.1) is 0 Å². The van der Waals surface area contributed by atoms with Gasteiger partial charge in [0, 0.05) is 18.6 Å². The van der Waals surface area contributed by atoms with Crippen molar-refractivity contribution in [3.8, 4) is 0 Å². The molecule has 20 heavy (non-hydrogen) atoms. The van der Waals surface area contributed by atoms with Gasteiger partial charge in [-0.25, -0.2) is 10.2 Å². The van der Waals surface area contributed by atoms with Gasteiger partial charge in [0.25, 0.3) is 0 Å². The number of nitrogens with two attached hydrogens (primary N) is 1. The van der Waals surface area contributed by atoms with Crippen LogP contribution in [0.2, 0.25) is 0 Å². The van der Waals surface area contributed by atoms with Crippen molar-refractivity contribution in [2.24, 2.45) is 10.8 Å². The van der Waals surface area contributed by atoms with Gasteiger partial charge in [0.15, 0.2) is 0 Å². The summed E-state index contributed by atoms with van der Waals surface area (Å²) in [4.78, 5) is 13.0. The Hall–Kier alpha value is -1.88. The van der Waals surface area contributed by atoms with Crippen LogP contribution < -0.4 is 11.2 Å². The van der Waals surface area contributed by atoms with Crippen molar-refractivity contribution < 1.29 is 4.79 Å². The van der Waals surface area contributed by atoms with E-state index < -0.39 is 6.03 Å². The molecule has 0 radical (unpaired) electrons. The van der Waals surface area contributed by atoms with Crippen LogP contribution in [0.15, 0.2) is 29.4 Å². The number of carbonyl (C=O) groups is 1. The molecule has 0 aliphatic heterocycles. The number of benzene rings is 1. The molecule has 5 nitrogen and oxygen atoms in total. The van der Waals surface area contributed by atoms with Gasteiger partial charge in [-0.05, 0) is 38.8 Å². The molecule has 0 aliphatic carbocycles. The van der Waals surface area contributed by atoms with Gasteiger partial charge < -0.3 is 5.73 Å². The summed E-state index contributed by atoms with van der Waals surface area (Å²) in [5, 5.41) is 3.83. The minimum Gasteiger partial charge on any atom is -0.350 e. The average molecular weight is 276 g/mol. The van der Waals surface area contributed by atoms with E-state index in [1.54, 1.807) is 6.21 Å². The van der Waals surface area contributed by atoms with E-state index in [2.05, 4.69) is 49.2 Å². The van der Waals surface area contributed by atoms with Crippen LogP contribution in [0.4, 0.5) is 4.79 Å². The van der Waals surface area contributed by atoms with Crippen LogP contribution >= 0.6 is 0 Å². The van der Waals surface area contributed by atoms with Crippen molar-refractivity contribution in [2.45, 2.75) is 46.3 Å². The molecule has 0 saturated heterocycles. The van der Waals surface area contributed by atoms with Crippen LogP contribution in [0.3, 0.4) is 0 Å². The molecule has 0 heterocycles. The molecule has 0 atom stereocenters. The molecule has 3 N–H and O–H groups in total. The quantitative estimate of drug-likeness (QED) is 0.618. The van der Waals surface area contributed by atoms with E-state index in [0.717, 1.165) is 12.1 Å². The fraction of sp³-hybridized carbons (Fsp3) is 0.467. The summed E-state index contributed by atoms with van der Waals surface area (Å²) < 4.78 is 0. The van der Waals surface area contributed by atoms with Crippen LogP contribution in [0.5, 0.6) is 0 Å². The molecule has 1 aromatic carbocycles. The molecule has 0 spiro atoms. The summed E-state index contributed by atoms with van der Waals surface area (Å²) in [6.45, 7) is 9.58. The topological polar surface area (TPSA) is 70.7 Å². The van der Waals surface area contributed by atoms with E-state index in [9.17, 15) is 4.79 Å². The standard InChI is InChI=1S/C15H24N4O/c1-11(2)19(12(3)4)10-14-8-6-5-7-13(14)9-17-18-15(16)20/h5-9,11-12H,10H2,1-4H3,(H3,16,18,20). The monoisotopic (exact) mass is 276 g/mol. The zero-order valence-electron chi connectivity index (χ0n) is 12.6. The van der Waals surface area contributed by atoms with Gasteiger partial charge in [0.2, 0.25) is 0 Å². The number of hydrazone groups is 1. The highest BCUT2D eigenvalue weighted by Crippen LogP contribution is 2.14. The molecule has 0 unspecified atom stereocenters. The smallest absolute Gasteiger partial charge is 0.332 e. The summed E-state index contributed by atoms with van der Waals surface area (Å²) in [6.07, 6.45) is 1.62. The normalized spacial score (nSPS) is 11.8. The second-order valence-electron chi connectivity index (χ2n) is 5.29. The van der Waals surface area contributed by atoms with Crippen molar-refractivity contribution in [3.05, 3.63) is 35.4 Å². The molecule has 0 bridgehead atoms. The molecular weight excluding hydrogens is 252 g/mol. The van der Waals surface area contributed by atoms with E-state index >= 15 is 0 Å². The van der Waals surface area contributed by atoms with E-state index in [-0.39, 0.29) is 0 Å². The molecule has 0 saturated carbocycles. The first kappa shape index (κ1) is 16.2. The fourth-order valence-corrected chi connectivity index (χ4v) is 2.13. The van der Waals surface area contributed by atoms with E-state index in [1.165, 1.54) is 5.56 Å². The number of hydrogen-bond donors (Lipinski definition) is 2. The Morgan fingerprint density at radius 1 is 1.30 bits per heavy atom. The molecular formula is C15H24N4O. The van der Waals surface area contributed by atoms with Crippen LogP contribution in [0.25, 0.3) is 0 Å². The van der Waals surface area contributed by atoms with Gasteiger partial charge in [-0.3, -0.25) is 4.90 Å². The highest BCUT2D eigenvalue weighted by atomic mass is 16.2. The van der Waals surface area contributed by atoms with Crippen molar-refractivity contribution in [1.29, 1.82) is 0 Å².